The van der Waals surface area contributed by atoms with Gasteiger partial charge >= 0.3 is 0 Å². The number of hydrogen-bond acceptors (Lipinski definition) is 5. The lowest BCUT2D eigenvalue weighted by Gasteiger charge is -2.36. The topological polar surface area (TPSA) is 70.8 Å². The molecule has 1 aromatic carbocycles. The molecular weight excluding hydrogens is 411 g/mol. The number of anilines is 2. The van der Waals surface area contributed by atoms with E-state index in [1.54, 1.807) is 0 Å². The molecular formula is C18H31Cl3N4O2. The van der Waals surface area contributed by atoms with E-state index in [0.29, 0.717) is 0 Å². The van der Waals surface area contributed by atoms with Gasteiger partial charge in [-0.05, 0) is 37.0 Å². The van der Waals surface area contributed by atoms with E-state index in [-0.39, 0.29) is 49.7 Å². The second-order valence-corrected chi connectivity index (χ2v) is 6.83. The largest absolute Gasteiger partial charge is 0.383 e. The van der Waals surface area contributed by atoms with Crippen molar-refractivity contribution < 1.29 is 9.53 Å². The molecule has 1 aliphatic heterocycles. The molecule has 1 aliphatic carbocycles. The van der Waals surface area contributed by atoms with Crippen LogP contribution in [0.15, 0.2) is 24.3 Å². The van der Waals surface area contributed by atoms with Crippen LogP contribution in [-0.4, -0.2) is 63.3 Å². The lowest BCUT2D eigenvalue weighted by molar-refractivity contribution is -0.118. The van der Waals surface area contributed by atoms with E-state index in [9.17, 15) is 4.79 Å². The predicted molar refractivity (Wildman–Crippen MR) is 118 cm³/mol. The number of carbonyl (C=O) groups is 1. The number of hydrogen-bond donors (Lipinski definition) is 2. The average molecular weight is 442 g/mol. The van der Waals surface area contributed by atoms with Crippen LogP contribution >= 0.6 is 37.2 Å². The number of nitrogens with two attached hydrogens (primary N) is 1. The van der Waals surface area contributed by atoms with E-state index in [0.717, 1.165) is 43.5 Å². The van der Waals surface area contributed by atoms with Crippen molar-refractivity contribution in [3.63, 3.8) is 0 Å². The van der Waals surface area contributed by atoms with E-state index in [1.165, 1.54) is 26.5 Å². The van der Waals surface area contributed by atoms with Crippen LogP contribution in [0.3, 0.4) is 0 Å². The first-order chi connectivity index (χ1) is 11.7. The van der Waals surface area contributed by atoms with Gasteiger partial charge in [-0.15, -0.1) is 37.2 Å². The Labute approximate surface area is 180 Å². The normalized spacial score (nSPS) is 17.8. The summed E-state index contributed by atoms with van der Waals surface area (Å²) in [5.74, 6) is 0.731. The standard InChI is InChI=1S/C18H28N4O2.3ClH/c1-24-13-17(19)18(23)20-15-3-2-4-16(11-15)22-9-7-21(8-10-22)12-14-5-6-14;;;/h2-4,11,14,17H,5-10,12-13,19H2,1H3,(H,20,23);3*1H. The number of amides is 1. The van der Waals surface area contributed by atoms with Gasteiger partial charge in [0.1, 0.15) is 6.04 Å². The van der Waals surface area contributed by atoms with Crippen LogP contribution in [0.1, 0.15) is 12.8 Å². The molecule has 27 heavy (non-hydrogen) atoms. The highest BCUT2D eigenvalue weighted by atomic mass is 35.5. The third-order valence-corrected chi connectivity index (χ3v) is 4.75. The van der Waals surface area contributed by atoms with E-state index in [1.807, 2.05) is 18.2 Å². The predicted octanol–water partition coefficient (Wildman–Crippen LogP) is 2.40. The Bertz CT molecular complexity index is 567. The Morgan fingerprint density at radius 2 is 1.89 bits per heavy atom. The number of piperazine rings is 1. The average Bonchev–Trinajstić information content (AvgIpc) is 3.40. The Morgan fingerprint density at radius 3 is 2.48 bits per heavy atom. The third kappa shape index (κ3) is 8.02. The first-order valence-electron chi connectivity index (χ1n) is 8.78. The van der Waals surface area contributed by atoms with E-state index in [4.69, 9.17) is 10.5 Å². The van der Waals surface area contributed by atoms with E-state index >= 15 is 0 Å². The van der Waals surface area contributed by atoms with E-state index in [2.05, 4.69) is 21.2 Å². The second kappa shape index (κ2) is 12.6. The highest BCUT2D eigenvalue weighted by Gasteiger charge is 2.26. The van der Waals surface area contributed by atoms with Gasteiger partial charge in [-0.2, -0.15) is 0 Å². The first-order valence-corrected chi connectivity index (χ1v) is 8.78. The summed E-state index contributed by atoms with van der Waals surface area (Å²) in [6.45, 7) is 5.79. The molecule has 2 fully saturated rings. The van der Waals surface area contributed by atoms with Crippen molar-refractivity contribution in [2.75, 3.05) is 56.7 Å². The maximum atomic E-state index is 12.0. The summed E-state index contributed by atoms with van der Waals surface area (Å²) in [4.78, 5) is 17.0. The van der Waals surface area contributed by atoms with Crippen molar-refractivity contribution >= 4 is 54.5 Å². The van der Waals surface area contributed by atoms with Crippen molar-refractivity contribution in [1.29, 1.82) is 0 Å². The molecule has 1 aromatic rings. The van der Waals surface area contributed by atoms with Crippen LogP contribution in [0.4, 0.5) is 11.4 Å². The Kier molecular flexibility index (Phi) is 12.3. The summed E-state index contributed by atoms with van der Waals surface area (Å²) in [5.41, 5.74) is 7.70. The highest BCUT2D eigenvalue weighted by Crippen LogP contribution is 2.30. The van der Waals surface area contributed by atoms with Crippen LogP contribution in [0.25, 0.3) is 0 Å². The number of halogens is 3. The first kappa shape index (κ1) is 26.2. The van der Waals surface area contributed by atoms with Gasteiger partial charge in [-0.3, -0.25) is 9.69 Å². The lowest BCUT2D eigenvalue weighted by atomic mass is 10.2. The van der Waals surface area contributed by atoms with Gasteiger partial charge in [-0.25, -0.2) is 0 Å². The Balaban J connectivity index is 0.00000225. The fraction of sp³-hybridized carbons (Fsp3) is 0.611. The van der Waals surface area contributed by atoms with Gasteiger partial charge in [0, 0.05) is 51.2 Å². The van der Waals surface area contributed by atoms with Gasteiger partial charge in [0.15, 0.2) is 0 Å². The molecule has 1 unspecified atom stereocenters. The van der Waals surface area contributed by atoms with E-state index < -0.39 is 6.04 Å². The summed E-state index contributed by atoms with van der Waals surface area (Å²) >= 11 is 0. The number of nitrogens with zero attached hydrogens (tertiary/aromatic N) is 2. The summed E-state index contributed by atoms with van der Waals surface area (Å²) in [6.07, 6.45) is 2.82. The fourth-order valence-corrected chi connectivity index (χ4v) is 3.12. The van der Waals surface area contributed by atoms with Crippen LogP contribution in [0, 0.1) is 5.92 Å². The molecule has 0 radical (unpaired) electrons. The van der Waals surface area contributed by atoms with Gasteiger partial charge in [0.25, 0.3) is 0 Å². The molecule has 3 N–H and O–H groups in total. The molecule has 9 heteroatoms. The number of nitrogens with one attached hydrogen (secondary N) is 1. The fourth-order valence-electron chi connectivity index (χ4n) is 3.12. The van der Waals surface area contributed by atoms with Crippen LogP contribution in [0.5, 0.6) is 0 Å². The molecule has 156 valence electrons. The summed E-state index contributed by atoms with van der Waals surface area (Å²) < 4.78 is 4.92. The van der Waals surface area contributed by atoms with Crippen molar-refractivity contribution in [3.05, 3.63) is 24.3 Å². The summed E-state index contributed by atoms with van der Waals surface area (Å²) in [6, 6.07) is 7.34. The van der Waals surface area contributed by atoms with Gasteiger partial charge in [-0.1, -0.05) is 6.07 Å². The van der Waals surface area contributed by atoms with Crippen LogP contribution in [0.2, 0.25) is 0 Å². The molecule has 2 aliphatic rings. The Hall–Kier alpha value is -0.760. The molecule has 1 heterocycles. The molecule has 3 rings (SSSR count). The smallest absolute Gasteiger partial charge is 0.243 e. The molecule has 0 aromatic heterocycles. The summed E-state index contributed by atoms with van der Waals surface area (Å²) in [5, 5.41) is 2.87. The monoisotopic (exact) mass is 440 g/mol. The minimum absolute atomic E-state index is 0. The maximum absolute atomic E-state index is 12.0. The minimum atomic E-state index is -0.648. The number of ether oxygens (including phenoxy) is 1. The molecule has 6 nitrogen and oxygen atoms in total. The Morgan fingerprint density at radius 1 is 1.22 bits per heavy atom. The van der Waals surface area contributed by atoms with Crippen molar-refractivity contribution in [2.24, 2.45) is 11.7 Å². The number of benzene rings is 1. The van der Waals surface area contributed by atoms with Gasteiger partial charge in [0.05, 0.1) is 6.61 Å². The lowest BCUT2D eigenvalue weighted by Crippen LogP contribution is -2.47. The van der Waals surface area contributed by atoms with Crippen molar-refractivity contribution in [1.82, 2.24) is 4.90 Å². The molecule has 1 atom stereocenters. The zero-order valence-corrected chi connectivity index (χ0v) is 18.1. The molecule has 1 amide bonds. The van der Waals surface area contributed by atoms with Gasteiger partial charge < -0.3 is 20.7 Å². The second-order valence-electron chi connectivity index (χ2n) is 6.83. The number of carbonyl (C=O) groups excluding carboxylic acids is 1. The third-order valence-electron chi connectivity index (χ3n) is 4.75. The van der Waals surface area contributed by atoms with Crippen molar-refractivity contribution in [2.45, 2.75) is 18.9 Å². The maximum Gasteiger partial charge on any atom is 0.243 e. The summed E-state index contributed by atoms with van der Waals surface area (Å²) in [7, 11) is 1.54. The van der Waals surface area contributed by atoms with Crippen molar-refractivity contribution in [3.8, 4) is 0 Å². The van der Waals surface area contributed by atoms with Crippen LogP contribution < -0.4 is 16.0 Å². The minimum Gasteiger partial charge on any atom is -0.383 e. The van der Waals surface area contributed by atoms with Crippen LogP contribution in [-0.2, 0) is 9.53 Å². The SMILES string of the molecule is COCC(N)C(=O)Nc1cccc(N2CCN(CC3CC3)CC2)c1.Cl.Cl.Cl. The zero-order chi connectivity index (χ0) is 16.9. The number of methoxy groups -OCH3 is 1. The molecule has 0 bridgehead atoms. The quantitative estimate of drug-likeness (QED) is 0.680. The van der Waals surface area contributed by atoms with Gasteiger partial charge in [0.2, 0.25) is 5.91 Å². The molecule has 0 spiro atoms. The molecule has 1 saturated carbocycles. The molecule has 1 saturated heterocycles. The highest BCUT2D eigenvalue weighted by molar-refractivity contribution is 5.95. The number of rotatable bonds is 7. The zero-order valence-electron chi connectivity index (χ0n) is 15.6.